The number of ether oxygens (including phenoxy) is 1. The summed E-state index contributed by atoms with van der Waals surface area (Å²) in [5.74, 6) is 1.08. The Bertz CT molecular complexity index is 352. The van der Waals surface area contributed by atoms with E-state index in [-0.39, 0.29) is 11.3 Å². The van der Waals surface area contributed by atoms with Gasteiger partial charge in [-0.2, -0.15) is 5.06 Å². The molecule has 0 aliphatic carbocycles. The lowest BCUT2D eigenvalue weighted by Crippen LogP contribution is -2.30. The summed E-state index contributed by atoms with van der Waals surface area (Å²) in [5.41, 5.74) is 0.202. The summed E-state index contributed by atoms with van der Waals surface area (Å²) in [5, 5.41) is 1.26. The van der Waals surface area contributed by atoms with Gasteiger partial charge in [0.2, 0.25) is 0 Å². The fourth-order valence-corrected chi connectivity index (χ4v) is 1.26. The Balaban J connectivity index is 2.98. The highest BCUT2D eigenvalue weighted by atomic mass is 16.7. The summed E-state index contributed by atoms with van der Waals surface area (Å²) in [6.07, 6.45) is 3.38. The molecule has 0 saturated heterocycles. The first-order valence-electron chi connectivity index (χ1n) is 4.33. The first-order valence-corrected chi connectivity index (χ1v) is 4.33. The number of hydrogen-bond acceptors (Lipinski definition) is 5. The Hall–Kier alpha value is -2.00. The Morgan fingerprint density at radius 2 is 2.47 bits per heavy atom. The molecule has 0 aromatic carbocycles. The van der Waals surface area contributed by atoms with Crippen molar-refractivity contribution in [2.75, 3.05) is 13.7 Å². The molecule has 0 spiro atoms. The van der Waals surface area contributed by atoms with E-state index < -0.39 is 5.97 Å². The normalized spacial score (nSPS) is 15.1. The summed E-state index contributed by atoms with van der Waals surface area (Å²) in [7, 11) is 1.25. The van der Waals surface area contributed by atoms with Crippen molar-refractivity contribution in [3.05, 3.63) is 30.2 Å². The minimum absolute atomic E-state index is 0.0352. The Labute approximate surface area is 87.2 Å². The Morgan fingerprint density at radius 3 is 3.00 bits per heavy atom. The van der Waals surface area contributed by atoms with E-state index in [1.54, 1.807) is 12.0 Å². The van der Waals surface area contributed by atoms with Gasteiger partial charge in [0.25, 0.3) is 0 Å². The van der Waals surface area contributed by atoms with Gasteiger partial charge in [0.1, 0.15) is 6.26 Å². The molecule has 5 nitrogen and oxygen atoms in total. The van der Waals surface area contributed by atoms with E-state index in [4.69, 9.17) is 4.84 Å². The van der Waals surface area contributed by atoms with Crippen LogP contribution in [0.3, 0.4) is 0 Å². The molecule has 80 valence electrons. The fourth-order valence-electron chi connectivity index (χ4n) is 1.26. The Morgan fingerprint density at radius 1 is 1.73 bits per heavy atom. The lowest BCUT2D eigenvalue weighted by Gasteiger charge is -2.26. The zero-order valence-electron chi connectivity index (χ0n) is 8.36. The molecule has 1 heterocycles. The maximum absolute atomic E-state index is 11.3. The smallest absolute Gasteiger partial charge is 0.340 e. The summed E-state index contributed by atoms with van der Waals surface area (Å²) < 4.78 is 4.53. The second kappa shape index (κ2) is 5.02. The van der Waals surface area contributed by atoms with Gasteiger partial charge in [0.05, 0.1) is 19.2 Å². The number of rotatable bonds is 3. The third kappa shape index (κ3) is 2.27. The van der Waals surface area contributed by atoms with Gasteiger partial charge in [-0.25, -0.2) is 9.59 Å². The summed E-state index contributed by atoms with van der Waals surface area (Å²) in [4.78, 5) is 27.0. The third-order valence-corrected chi connectivity index (χ3v) is 1.89. The fraction of sp³-hybridized carbons (Fsp3) is 0.300. The van der Waals surface area contributed by atoms with Crippen LogP contribution >= 0.6 is 0 Å². The first-order chi connectivity index (χ1) is 7.24. The van der Waals surface area contributed by atoms with Gasteiger partial charge in [-0.15, -0.1) is 0 Å². The first kappa shape index (κ1) is 11.1. The molecule has 1 aliphatic heterocycles. The highest BCUT2D eigenvalue weighted by Gasteiger charge is 2.26. The van der Waals surface area contributed by atoms with Crippen LogP contribution in [-0.2, 0) is 19.2 Å². The van der Waals surface area contributed by atoms with Gasteiger partial charge in [0, 0.05) is 0 Å². The average molecular weight is 209 g/mol. The molecule has 0 atom stereocenters. The number of carbonyl (C=O) groups excluding carboxylic acids is 2. The van der Waals surface area contributed by atoms with Crippen molar-refractivity contribution in [2.45, 2.75) is 6.42 Å². The average Bonchev–Trinajstić information content (AvgIpc) is 2.28. The van der Waals surface area contributed by atoms with Crippen molar-refractivity contribution in [3.8, 4) is 0 Å². The minimum Gasteiger partial charge on any atom is -0.465 e. The van der Waals surface area contributed by atoms with Crippen LogP contribution in [-0.4, -0.2) is 30.6 Å². The number of methoxy groups -OCH3 is 1. The number of hydroxylamine groups is 2. The third-order valence-electron chi connectivity index (χ3n) is 1.89. The molecule has 0 amide bonds. The van der Waals surface area contributed by atoms with Gasteiger partial charge < -0.3 is 9.57 Å². The molecule has 1 rings (SSSR count). The zero-order chi connectivity index (χ0) is 11.3. The van der Waals surface area contributed by atoms with E-state index in [1.165, 1.54) is 18.4 Å². The van der Waals surface area contributed by atoms with Crippen LogP contribution in [0.1, 0.15) is 6.42 Å². The maximum atomic E-state index is 11.3. The van der Waals surface area contributed by atoms with E-state index in [1.807, 2.05) is 0 Å². The topological polar surface area (TPSA) is 55.8 Å². The maximum Gasteiger partial charge on any atom is 0.340 e. The Kier molecular flexibility index (Phi) is 3.71. The molecular weight excluding hydrogens is 198 g/mol. The summed E-state index contributed by atoms with van der Waals surface area (Å²) in [6, 6.07) is 0. The second-order valence-corrected chi connectivity index (χ2v) is 2.72. The molecule has 15 heavy (non-hydrogen) atoms. The molecular formula is C10H11NO4. The SMILES string of the molecule is C=CON1CCC=C(C(=O)OC)C1=C=O. The molecule has 0 bridgehead atoms. The van der Waals surface area contributed by atoms with Gasteiger partial charge >= 0.3 is 5.97 Å². The molecule has 0 saturated carbocycles. The molecule has 0 radical (unpaired) electrons. The van der Waals surface area contributed by atoms with Crippen LogP contribution in [0.25, 0.3) is 0 Å². The van der Waals surface area contributed by atoms with E-state index in [0.717, 1.165) is 0 Å². The number of hydrogen-bond donors (Lipinski definition) is 0. The van der Waals surface area contributed by atoms with Crippen LogP contribution < -0.4 is 0 Å². The molecule has 1 aliphatic rings. The monoisotopic (exact) mass is 209 g/mol. The molecule has 0 unspecified atom stereocenters. The number of esters is 1. The van der Waals surface area contributed by atoms with Crippen molar-refractivity contribution >= 4 is 11.9 Å². The number of carbonyl (C=O) groups is 1. The lowest BCUT2D eigenvalue weighted by atomic mass is 10.1. The van der Waals surface area contributed by atoms with Crippen molar-refractivity contribution in [1.82, 2.24) is 5.06 Å². The quantitative estimate of drug-likeness (QED) is 0.386. The predicted molar refractivity (Wildman–Crippen MR) is 51.9 cm³/mol. The van der Waals surface area contributed by atoms with Gasteiger partial charge in [-0.1, -0.05) is 12.7 Å². The van der Waals surface area contributed by atoms with Crippen LogP contribution in [0.2, 0.25) is 0 Å². The summed E-state index contributed by atoms with van der Waals surface area (Å²) >= 11 is 0. The van der Waals surface area contributed by atoms with Crippen molar-refractivity contribution < 1.29 is 19.2 Å². The van der Waals surface area contributed by atoms with Crippen LogP contribution in [0, 0.1) is 0 Å². The van der Waals surface area contributed by atoms with Crippen LogP contribution in [0.4, 0.5) is 0 Å². The van der Waals surface area contributed by atoms with E-state index >= 15 is 0 Å². The predicted octanol–water partition coefficient (Wildman–Crippen LogP) is 0.582. The van der Waals surface area contributed by atoms with Crippen LogP contribution in [0.15, 0.2) is 30.2 Å². The molecule has 0 fully saturated rings. The van der Waals surface area contributed by atoms with Crippen molar-refractivity contribution in [1.29, 1.82) is 0 Å². The van der Waals surface area contributed by atoms with E-state index in [9.17, 15) is 9.59 Å². The van der Waals surface area contributed by atoms with Crippen molar-refractivity contribution in [3.63, 3.8) is 0 Å². The lowest BCUT2D eigenvalue weighted by molar-refractivity contribution is -0.137. The largest absolute Gasteiger partial charge is 0.465 e. The second-order valence-electron chi connectivity index (χ2n) is 2.72. The molecule has 0 aromatic rings. The standard InChI is InChI=1S/C10H11NO4/c1-3-15-11-6-4-5-8(9(11)7-12)10(13)14-2/h3,5H,1,4,6H2,2H3. The highest BCUT2D eigenvalue weighted by molar-refractivity contribution is 5.96. The molecule has 0 N–H and O–H groups in total. The van der Waals surface area contributed by atoms with Crippen molar-refractivity contribution in [2.24, 2.45) is 0 Å². The van der Waals surface area contributed by atoms with Gasteiger partial charge in [-0.05, 0) is 6.42 Å². The highest BCUT2D eigenvalue weighted by Crippen LogP contribution is 2.20. The molecule has 0 aromatic heterocycles. The number of nitrogens with zero attached hydrogens (tertiary/aromatic N) is 1. The molecule has 5 heteroatoms. The van der Waals surface area contributed by atoms with E-state index in [2.05, 4.69) is 11.3 Å². The zero-order valence-corrected chi connectivity index (χ0v) is 8.36. The van der Waals surface area contributed by atoms with Crippen LogP contribution in [0.5, 0.6) is 0 Å². The van der Waals surface area contributed by atoms with Gasteiger partial charge in [0.15, 0.2) is 11.6 Å². The van der Waals surface area contributed by atoms with Gasteiger partial charge in [-0.3, -0.25) is 0 Å². The minimum atomic E-state index is -0.578. The van der Waals surface area contributed by atoms with E-state index in [0.29, 0.717) is 13.0 Å². The summed E-state index contributed by atoms with van der Waals surface area (Å²) in [6.45, 7) is 3.84.